The van der Waals surface area contributed by atoms with Crippen molar-refractivity contribution in [2.45, 2.75) is 62.7 Å². The van der Waals surface area contributed by atoms with Gasteiger partial charge in [-0.2, -0.15) is 0 Å². The molecule has 3 aromatic carbocycles. The van der Waals surface area contributed by atoms with Crippen LogP contribution in [0.25, 0.3) is 0 Å². The van der Waals surface area contributed by atoms with Gasteiger partial charge in [0.2, 0.25) is 0 Å². The molecule has 0 saturated carbocycles. The summed E-state index contributed by atoms with van der Waals surface area (Å²) < 4.78 is 18.8. The Kier molecular flexibility index (Phi) is 8.36. The molecule has 39 heavy (non-hydrogen) atoms. The van der Waals surface area contributed by atoms with Crippen LogP contribution in [0.4, 0.5) is 0 Å². The molecule has 2 atom stereocenters. The van der Waals surface area contributed by atoms with Gasteiger partial charge < -0.3 is 19.3 Å². The maximum atomic E-state index is 12.6. The zero-order valence-corrected chi connectivity index (χ0v) is 23.8. The first-order valence-corrected chi connectivity index (χ1v) is 14.7. The number of aromatic hydroxyl groups is 1. The molecule has 2 aliphatic heterocycles. The number of hydrogen-bond donors (Lipinski definition) is 1. The normalized spacial score (nSPS) is 26.8. The third kappa shape index (κ3) is 6.68. The Morgan fingerprint density at radius 3 is 1.95 bits per heavy atom. The number of carbonyl (C=O) groups excluding carboxylic acids is 1. The fraction of sp³-hybridized carbons (Fsp3) is 0.424. The molecule has 1 N–H and O–H groups in total. The summed E-state index contributed by atoms with van der Waals surface area (Å²) in [5, 5.41) is 10.5. The lowest BCUT2D eigenvalue weighted by Crippen LogP contribution is -2.52. The highest BCUT2D eigenvalue weighted by Gasteiger charge is 2.49. The first-order valence-electron chi connectivity index (χ1n) is 13.7. The van der Waals surface area contributed by atoms with Crippen LogP contribution in [0, 0.1) is 19.3 Å². The molecule has 0 aliphatic carbocycles. The maximum Gasteiger partial charge on any atom is 0.306 e. The molecule has 2 aliphatic rings. The maximum absolute atomic E-state index is 12.6. The van der Waals surface area contributed by atoms with Gasteiger partial charge in [-0.15, -0.1) is 11.8 Å². The summed E-state index contributed by atoms with van der Waals surface area (Å²) in [5.41, 5.74) is 4.84. The van der Waals surface area contributed by atoms with E-state index in [9.17, 15) is 9.90 Å². The summed E-state index contributed by atoms with van der Waals surface area (Å²) in [7, 11) is 0. The van der Waals surface area contributed by atoms with Gasteiger partial charge in [-0.25, -0.2) is 0 Å². The molecule has 1 spiro atoms. The van der Waals surface area contributed by atoms with Gasteiger partial charge in [0.25, 0.3) is 0 Å². The van der Waals surface area contributed by atoms with Crippen LogP contribution in [0.5, 0.6) is 5.75 Å². The van der Waals surface area contributed by atoms with E-state index in [1.54, 1.807) is 0 Å². The highest BCUT2D eigenvalue weighted by Crippen LogP contribution is 2.56. The SMILES string of the molecule is Cc1cc(CCC(=O)OCC2(C)COC3(CC(c4ccccc4)SC(c4ccccc4)C3)OC2)cc(C)c1O. The van der Waals surface area contributed by atoms with Crippen LogP contribution < -0.4 is 0 Å². The van der Waals surface area contributed by atoms with Gasteiger partial charge >= 0.3 is 5.97 Å². The fourth-order valence-electron chi connectivity index (χ4n) is 5.45. The Morgan fingerprint density at radius 2 is 1.44 bits per heavy atom. The number of esters is 1. The third-order valence-corrected chi connectivity index (χ3v) is 9.32. The summed E-state index contributed by atoms with van der Waals surface area (Å²) in [6.07, 6.45) is 2.44. The average molecular weight is 547 g/mol. The minimum Gasteiger partial charge on any atom is -0.507 e. The molecular formula is C33H38O5S. The second-order valence-electron chi connectivity index (χ2n) is 11.4. The minimum atomic E-state index is -0.662. The molecule has 2 heterocycles. The topological polar surface area (TPSA) is 65.0 Å². The van der Waals surface area contributed by atoms with Crippen molar-refractivity contribution >= 4 is 17.7 Å². The predicted molar refractivity (Wildman–Crippen MR) is 155 cm³/mol. The monoisotopic (exact) mass is 546 g/mol. The van der Waals surface area contributed by atoms with Crippen molar-refractivity contribution in [1.29, 1.82) is 0 Å². The van der Waals surface area contributed by atoms with E-state index < -0.39 is 11.2 Å². The number of carbonyl (C=O) groups is 1. The molecule has 6 heteroatoms. The van der Waals surface area contributed by atoms with E-state index in [0.717, 1.165) is 29.5 Å². The number of hydrogen-bond acceptors (Lipinski definition) is 6. The molecular weight excluding hydrogens is 508 g/mol. The average Bonchev–Trinajstić information content (AvgIpc) is 2.96. The molecule has 5 nitrogen and oxygen atoms in total. The van der Waals surface area contributed by atoms with E-state index in [0.29, 0.717) is 31.8 Å². The molecule has 206 valence electrons. The minimum absolute atomic E-state index is 0.234. The first kappa shape index (κ1) is 27.8. The van der Waals surface area contributed by atoms with Crippen molar-refractivity contribution in [3.8, 4) is 5.75 Å². The summed E-state index contributed by atoms with van der Waals surface area (Å²) in [6.45, 7) is 7.01. The van der Waals surface area contributed by atoms with E-state index in [2.05, 4.69) is 67.6 Å². The Balaban J connectivity index is 1.19. The fourth-order valence-corrected chi connectivity index (χ4v) is 7.17. The van der Waals surface area contributed by atoms with Gasteiger partial charge in [-0.05, 0) is 48.1 Å². The van der Waals surface area contributed by atoms with Gasteiger partial charge in [0, 0.05) is 35.2 Å². The number of benzene rings is 3. The largest absolute Gasteiger partial charge is 0.507 e. The Labute approximate surface area is 235 Å². The van der Waals surface area contributed by atoms with Crippen LogP contribution in [-0.2, 0) is 25.4 Å². The number of phenols is 1. The number of rotatable bonds is 7. The van der Waals surface area contributed by atoms with Crippen molar-refractivity contribution in [2.24, 2.45) is 5.41 Å². The lowest BCUT2D eigenvalue weighted by molar-refractivity contribution is -0.312. The second kappa shape index (κ2) is 11.7. The molecule has 0 amide bonds. The highest BCUT2D eigenvalue weighted by atomic mass is 32.2. The summed E-state index contributed by atoms with van der Waals surface area (Å²) in [4.78, 5) is 12.6. The molecule has 2 unspecified atom stereocenters. The molecule has 0 radical (unpaired) electrons. The second-order valence-corrected chi connectivity index (χ2v) is 12.8. The smallest absolute Gasteiger partial charge is 0.306 e. The third-order valence-electron chi connectivity index (χ3n) is 7.78. The van der Waals surface area contributed by atoms with Gasteiger partial charge in [-0.1, -0.05) is 79.7 Å². The Morgan fingerprint density at radius 1 is 0.923 bits per heavy atom. The molecule has 5 rings (SSSR count). The van der Waals surface area contributed by atoms with Crippen LogP contribution in [0.2, 0.25) is 0 Å². The number of thioether (sulfide) groups is 1. The van der Waals surface area contributed by atoms with Gasteiger partial charge in [0.05, 0.1) is 13.2 Å². The Bertz CT molecular complexity index is 1200. The standard InChI is InChI=1S/C33H38O5S/c1-23-16-25(17-24(2)31(23)35)14-15-30(34)36-20-32(3)21-37-33(38-22-32)18-28(26-10-6-4-7-11-26)39-29(19-33)27-12-8-5-9-13-27/h4-13,16-17,28-29,35H,14-15,18-22H2,1-3H3. The Hall–Kier alpha value is -2.80. The molecule has 0 bridgehead atoms. The number of phenolic OH excluding ortho intramolecular Hbond substituents is 1. The van der Waals surface area contributed by atoms with Gasteiger partial charge in [0.1, 0.15) is 12.4 Å². The zero-order chi connectivity index (χ0) is 27.5. The van der Waals surface area contributed by atoms with Crippen molar-refractivity contribution in [3.63, 3.8) is 0 Å². The first-order chi connectivity index (χ1) is 18.7. The lowest BCUT2D eigenvalue weighted by Gasteiger charge is -2.49. The molecule has 2 fully saturated rings. The summed E-state index contributed by atoms with van der Waals surface area (Å²) in [6, 6.07) is 25.1. The van der Waals surface area contributed by atoms with Crippen LogP contribution in [-0.4, -0.2) is 36.7 Å². The van der Waals surface area contributed by atoms with Crippen molar-refractivity contribution in [3.05, 3.63) is 101 Å². The zero-order valence-electron chi connectivity index (χ0n) is 23.0. The van der Waals surface area contributed by atoms with Crippen molar-refractivity contribution in [1.82, 2.24) is 0 Å². The lowest BCUT2D eigenvalue weighted by atomic mass is 9.89. The number of ether oxygens (including phenoxy) is 3. The van der Waals surface area contributed by atoms with Crippen LogP contribution in [0.15, 0.2) is 72.8 Å². The van der Waals surface area contributed by atoms with Crippen LogP contribution in [0.1, 0.15) is 64.5 Å². The number of aryl methyl sites for hydroxylation is 3. The summed E-state index contributed by atoms with van der Waals surface area (Å²) >= 11 is 1.98. The molecule has 2 saturated heterocycles. The highest BCUT2D eigenvalue weighted by molar-refractivity contribution is 7.99. The molecule has 3 aromatic rings. The van der Waals surface area contributed by atoms with Gasteiger partial charge in [0.15, 0.2) is 5.79 Å². The van der Waals surface area contributed by atoms with E-state index in [4.69, 9.17) is 14.2 Å². The van der Waals surface area contributed by atoms with Gasteiger partial charge in [-0.3, -0.25) is 4.79 Å². The van der Waals surface area contributed by atoms with E-state index in [1.165, 1.54) is 11.1 Å². The summed E-state index contributed by atoms with van der Waals surface area (Å²) in [5.74, 6) is -0.585. The molecule has 0 aromatic heterocycles. The van der Waals surface area contributed by atoms with Crippen LogP contribution >= 0.6 is 11.8 Å². The van der Waals surface area contributed by atoms with Crippen molar-refractivity contribution in [2.75, 3.05) is 19.8 Å². The van der Waals surface area contributed by atoms with E-state index >= 15 is 0 Å². The van der Waals surface area contributed by atoms with Crippen LogP contribution in [0.3, 0.4) is 0 Å². The predicted octanol–water partition coefficient (Wildman–Crippen LogP) is 7.24. The van der Waals surface area contributed by atoms with E-state index in [-0.39, 0.29) is 23.1 Å². The van der Waals surface area contributed by atoms with Crippen molar-refractivity contribution < 1.29 is 24.1 Å². The van der Waals surface area contributed by atoms with E-state index in [1.807, 2.05) is 37.7 Å². The quantitative estimate of drug-likeness (QED) is 0.315.